The van der Waals surface area contributed by atoms with E-state index in [0.717, 1.165) is 24.2 Å². The first kappa shape index (κ1) is 14.5. The van der Waals surface area contributed by atoms with Crippen molar-refractivity contribution in [3.05, 3.63) is 16.3 Å². The van der Waals surface area contributed by atoms with Crippen molar-refractivity contribution >= 4 is 23.2 Å². The third-order valence-corrected chi connectivity index (χ3v) is 3.21. The van der Waals surface area contributed by atoms with Crippen LogP contribution in [0.15, 0.2) is 11.4 Å². The second kappa shape index (κ2) is 7.00. The number of rotatable bonds is 7. The van der Waals surface area contributed by atoms with E-state index in [4.69, 9.17) is 9.84 Å². The molecule has 0 aliphatic heterocycles. The van der Waals surface area contributed by atoms with Crippen molar-refractivity contribution in [1.29, 1.82) is 0 Å². The molecule has 5 nitrogen and oxygen atoms in total. The maximum atomic E-state index is 11.6. The van der Waals surface area contributed by atoms with Crippen molar-refractivity contribution in [3.63, 3.8) is 0 Å². The van der Waals surface area contributed by atoms with Crippen LogP contribution in [0.25, 0.3) is 0 Å². The summed E-state index contributed by atoms with van der Waals surface area (Å²) in [5.74, 6) is -1.03. The molecule has 1 aromatic rings. The minimum atomic E-state index is -1.04. The van der Waals surface area contributed by atoms with Crippen LogP contribution in [0.4, 0.5) is 0 Å². The van der Waals surface area contributed by atoms with E-state index in [2.05, 4.69) is 5.32 Å². The molecule has 18 heavy (non-hydrogen) atoms. The lowest BCUT2D eigenvalue weighted by Gasteiger charge is -2.14. The van der Waals surface area contributed by atoms with Crippen molar-refractivity contribution in [2.24, 2.45) is 0 Å². The summed E-state index contributed by atoms with van der Waals surface area (Å²) in [5, 5.41) is 13.3. The molecule has 0 aliphatic carbocycles. The molecule has 0 bridgehead atoms. The van der Waals surface area contributed by atoms with E-state index < -0.39 is 12.1 Å². The molecule has 1 rings (SSSR count). The van der Waals surface area contributed by atoms with Crippen molar-refractivity contribution < 1.29 is 19.4 Å². The van der Waals surface area contributed by atoms with Gasteiger partial charge in [-0.05, 0) is 24.8 Å². The molecule has 2 N–H and O–H groups in total. The Hall–Kier alpha value is -1.56. The lowest BCUT2D eigenvalue weighted by Crippen LogP contribution is -2.36. The number of carbonyl (C=O) groups excluding carboxylic acids is 1. The topological polar surface area (TPSA) is 75.6 Å². The van der Waals surface area contributed by atoms with Crippen LogP contribution in [0.2, 0.25) is 0 Å². The van der Waals surface area contributed by atoms with Gasteiger partial charge in [-0.15, -0.1) is 11.3 Å². The van der Waals surface area contributed by atoms with Gasteiger partial charge in [0.05, 0.1) is 0 Å². The van der Waals surface area contributed by atoms with E-state index in [1.54, 1.807) is 18.4 Å². The summed E-state index contributed by atoms with van der Waals surface area (Å²) < 4.78 is 5.36. The Kier molecular flexibility index (Phi) is 5.64. The first-order valence-electron chi connectivity index (χ1n) is 5.81. The third-order valence-electron chi connectivity index (χ3n) is 2.33. The van der Waals surface area contributed by atoms with Gasteiger partial charge in [0.15, 0.2) is 11.0 Å². The predicted molar refractivity (Wildman–Crippen MR) is 69.3 cm³/mol. The number of carboxylic acids is 1. The van der Waals surface area contributed by atoms with Gasteiger partial charge in [0.1, 0.15) is 5.75 Å². The van der Waals surface area contributed by atoms with Crippen molar-refractivity contribution in [2.45, 2.75) is 32.8 Å². The van der Waals surface area contributed by atoms with Gasteiger partial charge in [-0.1, -0.05) is 13.3 Å². The zero-order valence-corrected chi connectivity index (χ0v) is 11.3. The molecular weight excluding hydrogens is 254 g/mol. The highest BCUT2D eigenvalue weighted by atomic mass is 32.1. The van der Waals surface area contributed by atoms with Gasteiger partial charge < -0.3 is 15.2 Å². The molecule has 100 valence electrons. The molecule has 0 saturated heterocycles. The molecule has 6 heteroatoms. The summed E-state index contributed by atoms with van der Waals surface area (Å²) in [6.45, 7) is 4.25. The lowest BCUT2D eigenvalue weighted by atomic mass is 10.3. The number of carbonyl (C=O) groups is 2. The molecule has 1 heterocycles. The number of carboxylic acid groups (broad SMARTS) is 1. The molecule has 1 aromatic heterocycles. The van der Waals surface area contributed by atoms with E-state index >= 15 is 0 Å². The van der Waals surface area contributed by atoms with Gasteiger partial charge in [-0.2, -0.15) is 0 Å². The Balaban J connectivity index is 2.53. The smallest absolute Gasteiger partial charge is 0.349 e. The lowest BCUT2D eigenvalue weighted by molar-refractivity contribution is -0.127. The number of aromatic carboxylic acids is 1. The van der Waals surface area contributed by atoms with Crippen LogP contribution >= 0.6 is 11.3 Å². The molecule has 0 fully saturated rings. The quantitative estimate of drug-likeness (QED) is 0.745. The predicted octanol–water partition coefficient (Wildman–Crippen LogP) is 2.13. The number of nitrogens with one attached hydrogen (secondary N) is 1. The van der Waals surface area contributed by atoms with Gasteiger partial charge >= 0.3 is 5.97 Å². The molecule has 1 unspecified atom stereocenters. The molecule has 1 amide bonds. The minimum absolute atomic E-state index is 0.114. The fourth-order valence-corrected chi connectivity index (χ4v) is 1.98. The molecule has 0 radical (unpaired) electrons. The minimum Gasteiger partial charge on any atom is -0.479 e. The van der Waals surface area contributed by atoms with Crippen LogP contribution in [0.1, 0.15) is 36.4 Å². The first-order valence-corrected chi connectivity index (χ1v) is 6.69. The Morgan fingerprint density at radius 1 is 1.56 bits per heavy atom. The van der Waals surface area contributed by atoms with Crippen LogP contribution in [0.5, 0.6) is 5.75 Å². The van der Waals surface area contributed by atoms with Crippen LogP contribution in [0, 0.1) is 0 Å². The summed E-state index contributed by atoms with van der Waals surface area (Å²) in [5.41, 5.74) is 0. The van der Waals surface area contributed by atoms with Gasteiger partial charge in [-0.25, -0.2) is 4.79 Å². The molecule has 0 aromatic carbocycles. The summed E-state index contributed by atoms with van der Waals surface area (Å²) in [6, 6.07) is 1.56. The molecule has 0 aliphatic rings. The average molecular weight is 271 g/mol. The van der Waals surface area contributed by atoms with Crippen molar-refractivity contribution in [3.8, 4) is 5.75 Å². The standard InChI is InChI=1S/C12H17NO4S/c1-3-4-6-13-11(14)8(2)17-9-5-7-18-10(9)12(15)16/h5,7-8H,3-4,6H2,1-2H3,(H,13,14)(H,15,16). The maximum Gasteiger partial charge on any atom is 0.349 e. The average Bonchev–Trinajstić information content (AvgIpc) is 2.77. The Labute approximate surface area is 110 Å². The van der Waals surface area contributed by atoms with E-state index in [1.807, 2.05) is 6.92 Å². The number of unbranched alkanes of at least 4 members (excludes halogenated alkanes) is 1. The summed E-state index contributed by atoms with van der Waals surface area (Å²) >= 11 is 1.08. The Morgan fingerprint density at radius 3 is 2.89 bits per heavy atom. The van der Waals surface area contributed by atoms with Crippen molar-refractivity contribution in [2.75, 3.05) is 6.54 Å². The summed E-state index contributed by atoms with van der Waals surface area (Å²) in [4.78, 5) is 22.6. The largest absolute Gasteiger partial charge is 0.479 e. The first-order chi connectivity index (χ1) is 8.56. The number of ether oxygens (including phenoxy) is 1. The van der Waals surface area contributed by atoms with Gasteiger partial charge in [0.25, 0.3) is 5.91 Å². The molecule has 0 saturated carbocycles. The van der Waals surface area contributed by atoms with Gasteiger partial charge in [0.2, 0.25) is 0 Å². The van der Waals surface area contributed by atoms with Crippen LogP contribution in [-0.4, -0.2) is 29.6 Å². The van der Waals surface area contributed by atoms with Crippen LogP contribution in [-0.2, 0) is 4.79 Å². The van der Waals surface area contributed by atoms with Gasteiger partial charge in [-0.3, -0.25) is 4.79 Å². The number of hydrogen-bond acceptors (Lipinski definition) is 4. The normalized spacial score (nSPS) is 11.9. The number of thiophene rings is 1. The SMILES string of the molecule is CCCCNC(=O)C(C)Oc1ccsc1C(=O)O. The molecule has 0 spiro atoms. The van der Waals surface area contributed by atoms with E-state index in [9.17, 15) is 9.59 Å². The summed E-state index contributed by atoms with van der Waals surface area (Å²) in [7, 11) is 0. The number of amides is 1. The molecule has 1 atom stereocenters. The fourth-order valence-electron chi connectivity index (χ4n) is 1.32. The van der Waals surface area contributed by atoms with E-state index in [-0.39, 0.29) is 16.5 Å². The zero-order chi connectivity index (χ0) is 13.5. The van der Waals surface area contributed by atoms with Crippen molar-refractivity contribution in [1.82, 2.24) is 5.32 Å². The highest BCUT2D eigenvalue weighted by molar-refractivity contribution is 7.12. The second-order valence-electron chi connectivity index (χ2n) is 3.82. The van der Waals surface area contributed by atoms with Crippen LogP contribution in [0.3, 0.4) is 0 Å². The van der Waals surface area contributed by atoms with Crippen LogP contribution < -0.4 is 10.1 Å². The maximum absolute atomic E-state index is 11.6. The Morgan fingerprint density at radius 2 is 2.28 bits per heavy atom. The Bertz CT molecular complexity index is 416. The zero-order valence-electron chi connectivity index (χ0n) is 10.4. The highest BCUT2D eigenvalue weighted by Gasteiger charge is 2.19. The third kappa shape index (κ3) is 4.03. The molecular formula is C12H17NO4S. The van der Waals surface area contributed by atoms with Gasteiger partial charge in [0, 0.05) is 6.54 Å². The summed E-state index contributed by atoms with van der Waals surface area (Å²) in [6.07, 6.45) is 1.22. The monoisotopic (exact) mass is 271 g/mol. The van der Waals surface area contributed by atoms with E-state index in [1.165, 1.54) is 0 Å². The number of hydrogen-bond donors (Lipinski definition) is 2. The highest BCUT2D eigenvalue weighted by Crippen LogP contribution is 2.25. The van der Waals surface area contributed by atoms with E-state index in [0.29, 0.717) is 6.54 Å². The second-order valence-corrected chi connectivity index (χ2v) is 4.74. The fraction of sp³-hybridized carbons (Fsp3) is 0.500.